The van der Waals surface area contributed by atoms with E-state index in [0.717, 1.165) is 12.8 Å². The van der Waals surface area contributed by atoms with Crippen molar-refractivity contribution < 1.29 is 9.21 Å². The van der Waals surface area contributed by atoms with Crippen LogP contribution >= 0.6 is 0 Å². The summed E-state index contributed by atoms with van der Waals surface area (Å²) in [6.45, 7) is 2.23. The number of hydrogen-bond donors (Lipinski definition) is 1. The Labute approximate surface area is 121 Å². The summed E-state index contributed by atoms with van der Waals surface area (Å²) in [6, 6.07) is 3.57. The number of furan rings is 1. The Bertz CT molecular complexity index is 372. The van der Waals surface area contributed by atoms with Gasteiger partial charge in [-0.3, -0.25) is 4.79 Å². The third-order valence-electron chi connectivity index (χ3n) is 3.18. The van der Waals surface area contributed by atoms with Crippen LogP contribution in [0.15, 0.2) is 27.9 Å². The quantitative estimate of drug-likeness (QED) is 0.373. The Kier molecular flexibility index (Phi) is 9.28. The first-order valence-corrected chi connectivity index (χ1v) is 7.68. The van der Waals surface area contributed by atoms with Crippen LogP contribution in [0.25, 0.3) is 0 Å². The molecular weight excluding hydrogens is 252 g/mol. The topological polar surface area (TPSA) is 54.6 Å². The van der Waals surface area contributed by atoms with E-state index < -0.39 is 0 Å². The number of carbonyl (C=O) groups is 1. The Morgan fingerprint density at radius 3 is 2.55 bits per heavy atom. The molecule has 1 aromatic heterocycles. The van der Waals surface area contributed by atoms with Gasteiger partial charge in [0.25, 0.3) is 0 Å². The second kappa shape index (κ2) is 11.3. The Morgan fingerprint density at radius 2 is 1.90 bits per heavy atom. The summed E-state index contributed by atoms with van der Waals surface area (Å²) in [5.41, 5.74) is 2.51. The largest absolute Gasteiger partial charge is 0.463 e. The van der Waals surface area contributed by atoms with Gasteiger partial charge >= 0.3 is 0 Å². The lowest BCUT2D eigenvalue weighted by molar-refractivity contribution is -0.121. The maximum Gasteiger partial charge on any atom is 0.240 e. The first kappa shape index (κ1) is 16.5. The van der Waals surface area contributed by atoms with Crippen LogP contribution in [0.3, 0.4) is 0 Å². The van der Waals surface area contributed by atoms with Crippen molar-refractivity contribution in [3.8, 4) is 0 Å². The molecule has 1 amide bonds. The fourth-order valence-corrected chi connectivity index (χ4v) is 2.01. The maximum absolute atomic E-state index is 11.5. The Morgan fingerprint density at radius 1 is 1.20 bits per heavy atom. The van der Waals surface area contributed by atoms with Crippen LogP contribution in [-0.4, -0.2) is 12.1 Å². The van der Waals surface area contributed by atoms with Crippen LogP contribution in [0.5, 0.6) is 0 Å². The molecule has 0 fully saturated rings. The molecule has 0 unspecified atom stereocenters. The number of hydrogen-bond acceptors (Lipinski definition) is 3. The molecule has 0 aliphatic carbocycles. The summed E-state index contributed by atoms with van der Waals surface area (Å²) >= 11 is 0. The highest BCUT2D eigenvalue weighted by molar-refractivity contribution is 5.80. The molecule has 0 saturated heterocycles. The molecule has 0 atom stereocenters. The molecule has 1 aromatic rings. The zero-order valence-electron chi connectivity index (χ0n) is 12.4. The number of nitrogens with one attached hydrogen (secondary N) is 1. The predicted molar refractivity (Wildman–Crippen MR) is 81.7 cm³/mol. The summed E-state index contributed by atoms with van der Waals surface area (Å²) in [5, 5.41) is 3.84. The molecule has 0 aromatic carbocycles. The van der Waals surface area contributed by atoms with Crippen molar-refractivity contribution in [1.82, 2.24) is 5.43 Å². The van der Waals surface area contributed by atoms with Gasteiger partial charge in [0.15, 0.2) is 0 Å². The lowest BCUT2D eigenvalue weighted by atomic mass is 10.1. The van der Waals surface area contributed by atoms with Crippen molar-refractivity contribution in [2.45, 2.75) is 64.7 Å². The molecule has 20 heavy (non-hydrogen) atoms. The molecule has 112 valence electrons. The van der Waals surface area contributed by atoms with E-state index in [4.69, 9.17) is 4.42 Å². The summed E-state index contributed by atoms with van der Waals surface area (Å²) in [4.78, 5) is 11.5. The fraction of sp³-hybridized carbons (Fsp3) is 0.625. The molecular formula is C16H26N2O2. The third kappa shape index (κ3) is 8.51. The standard InChI is InChI=1S/C16H26N2O2/c1-2-3-4-5-6-7-8-9-12-16(19)18-17-14-15-11-10-13-20-15/h10-11,13-14H,2-9,12H2,1H3,(H,18,19). The molecule has 0 bridgehead atoms. The number of unbranched alkanes of at least 4 members (excludes halogenated alkanes) is 7. The molecule has 0 spiro atoms. The van der Waals surface area contributed by atoms with E-state index in [-0.39, 0.29) is 5.91 Å². The monoisotopic (exact) mass is 278 g/mol. The molecule has 0 aliphatic rings. The molecule has 0 radical (unpaired) electrons. The summed E-state index contributed by atoms with van der Waals surface area (Å²) in [5.74, 6) is 0.608. The minimum Gasteiger partial charge on any atom is -0.463 e. The zero-order chi connectivity index (χ0) is 14.5. The van der Waals surface area contributed by atoms with E-state index in [2.05, 4.69) is 17.5 Å². The highest BCUT2D eigenvalue weighted by Gasteiger charge is 1.99. The average molecular weight is 278 g/mol. The number of amides is 1. The van der Waals surface area contributed by atoms with E-state index in [9.17, 15) is 4.79 Å². The Hall–Kier alpha value is -1.58. The van der Waals surface area contributed by atoms with Gasteiger partial charge in [-0.15, -0.1) is 0 Å². The van der Waals surface area contributed by atoms with Gasteiger partial charge in [-0.1, -0.05) is 51.9 Å². The van der Waals surface area contributed by atoms with Gasteiger partial charge in [-0.25, -0.2) is 5.43 Å². The van der Waals surface area contributed by atoms with Gasteiger partial charge in [-0.05, 0) is 18.6 Å². The molecule has 4 nitrogen and oxygen atoms in total. The second-order valence-corrected chi connectivity index (χ2v) is 5.03. The lowest BCUT2D eigenvalue weighted by Gasteiger charge is -2.01. The van der Waals surface area contributed by atoms with Crippen LogP contribution in [0, 0.1) is 0 Å². The third-order valence-corrected chi connectivity index (χ3v) is 3.18. The fourth-order valence-electron chi connectivity index (χ4n) is 2.01. The molecule has 0 aliphatic heterocycles. The zero-order valence-corrected chi connectivity index (χ0v) is 12.4. The smallest absolute Gasteiger partial charge is 0.240 e. The van der Waals surface area contributed by atoms with Crippen molar-refractivity contribution in [2.75, 3.05) is 0 Å². The van der Waals surface area contributed by atoms with Gasteiger partial charge < -0.3 is 4.42 Å². The minimum absolute atomic E-state index is 0.0289. The highest BCUT2D eigenvalue weighted by atomic mass is 16.3. The van der Waals surface area contributed by atoms with Gasteiger partial charge in [0, 0.05) is 6.42 Å². The molecule has 0 saturated carbocycles. The van der Waals surface area contributed by atoms with E-state index in [1.54, 1.807) is 18.4 Å². The van der Waals surface area contributed by atoms with Crippen molar-refractivity contribution in [3.05, 3.63) is 24.2 Å². The van der Waals surface area contributed by atoms with E-state index in [0.29, 0.717) is 12.2 Å². The number of hydrazone groups is 1. The highest BCUT2D eigenvalue weighted by Crippen LogP contribution is 2.09. The van der Waals surface area contributed by atoms with Gasteiger partial charge in [0.1, 0.15) is 5.76 Å². The maximum atomic E-state index is 11.5. The number of carbonyl (C=O) groups excluding carboxylic acids is 1. The van der Waals surface area contributed by atoms with Gasteiger partial charge in [0.05, 0.1) is 12.5 Å². The van der Waals surface area contributed by atoms with Crippen molar-refractivity contribution in [3.63, 3.8) is 0 Å². The van der Waals surface area contributed by atoms with Crippen molar-refractivity contribution in [2.24, 2.45) is 5.10 Å². The van der Waals surface area contributed by atoms with Crippen LogP contribution in [0.2, 0.25) is 0 Å². The first-order valence-electron chi connectivity index (χ1n) is 7.68. The van der Waals surface area contributed by atoms with E-state index >= 15 is 0 Å². The van der Waals surface area contributed by atoms with E-state index in [1.165, 1.54) is 44.7 Å². The van der Waals surface area contributed by atoms with E-state index in [1.807, 2.05) is 0 Å². The SMILES string of the molecule is CCCCCCCCCCC(=O)NN=Cc1ccco1. The average Bonchev–Trinajstić information content (AvgIpc) is 2.95. The number of nitrogens with zero attached hydrogens (tertiary/aromatic N) is 1. The van der Waals surface area contributed by atoms with Gasteiger partial charge in [0.2, 0.25) is 5.91 Å². The minimum atomic E-state index is -0.0289. The van der Waals surface area contributed by atoms with Crippen LogP contribution in [-0.2, 0) is 4.79 Å². The predicted octanol–water partition coefficient (Wildman–Crippen LogP) is 4.26. The van der Waals surface area contributed by atoms with Crippen molar-refractivity contribution >= 4 is 12.1 Å². The van der Waals surface area contributed by atoms with Crippen LogP contribution in [0.4, 0.5) is 0 Å². The summed E-state index contributed by atoms with van der Waals surface area (Å²) < 4.78 is 5.07. The normalized spacial score (nSPS) is 11.1. The Balaban J connectivity index is 1.92. The van der Waals surface area contributed by atoms with Crippen LogP contribution in [0.1, 0.15) is 70.5 Å². The molecule has 4 heteroatoms. The molecule has 1 rings (SSSR count). The second-order valence-electron chi connectivity index (χ2n) is 5.03. The molecule has 1 heterocycles. The van der Waals surface area contributed by atoms with Crippen molar-refractivity contribution in [1.29, 1.82) is 0 Å². The van der Waals surface area contributed by atoms with Gasteiger partial charge in [-0.2, -0.15) is 5.10 Å². The number of rotatable bonds is 11. The molecule has 1 N–H and O–H groups in total. The summed E-state index contributed by atoms with van der Waals surface area (Å²) in [7, 11) is 0. The lowest BCUT2D eigenvalue weighted by Crippen LogP contribution is -2.16. The summed E-state index contributed by atoms with van der Waals surface area (Å²) in [6.07, 6.45) is 13.5. The first-order chi connectivity index (χ1) is 9.83. The van der Waals surface area contributed by atoms with Crippen LogP contribution < -0.4 is 5.43 Å².